The van der Waals surface area contributed by atoms with E-state index in [1.165, 1.54) is 11.8 Å². The molecule has 2 fully saturated rings. The number of Topliss-reactive ketones (excluding diaryl/α,β-unsaturated/α-hetero) is 1. The van der Waals surface area contributed by atoms with Gasteiger partial charge in [0.25, 0.3) is 0 Å². The van der Waals surface area contributed by atoms with Crippen LogP contribution in [0.4, 0.5) is 17.0 Å². The highest BCUT2D eigenvalue weighted by atomic mass is 32.2. The van der Waals surface area contributed by atoms with E-state index < -0.39 is 0 Å². The van der Waals surface area contributed by atoms with Gasteiger partial charge in [-0.05, 0) is 62.2 Å². The molecule has 5 rings (SSSR count). The topological polar surface area (TPSA) is 105 Å². The van der Waals surface area contributed by atoms with Crippen LogP contribution in [0, 0.1) is 12.8 Å². The van der Waals surface area contributed by atoms with E-state index in [1.54, 1.807) is 11.3 Å². The summed E-state index contributed by atoms with van der Waals surface area (Å²) >= 11 is 3.03. The molecule has 2 N–H and O–H groups in total. The Labute approximate surface area is 219 Å². The first kappa shape index (κ1) is 25.1. The molecule has 0 amide bonds. The average Bonchev–Trinajstić information content (AvgIpc) is 3.66. The Morgan fingerprint density at radius 1 is 1.14 bits per heavy atom. The van der Waals surface area contributed by atoms with E-state index in [0.717, 1.165) is 79.1 Å². The van der Waals surface area contributed by atoms with Crippen molar-refractivity contribution in [2.24, 2.45) is 5.92 Å². The first-order valence-corrected chi connectivity index (χ1v) is 14.0. The zero-order valence-electron chi connectivity index (χ0n) is 20.4. The maximum Gasteiger partial charge on any atom is 0.234 e. The van der Waals surface area contributed by atoms with E-state index in [-0.39, 0.29) is 5.92 Å². The fourth-order valence-corrected chi connectivity index (χ4v) is 5.31. The lowest BCUT2D eigenvalue weighted by Crippen LogP contribution is -2.37. The summed E-state index contributed by atoms with van der Waals surface area (Å²) in [5.41, 5.74) is 1.05. The SMILES string of the molecule is Cc1cnc(Nc2nc(NCCCN3CCOCC3)nc(Sc3ccc(CC(=O)C4CC4)cc3)n2)s1. The maximum absolute atomic E-state index is 12.1. The van der Waals surface area contributed by atoms with Crippen LogP contribution in [0.2, 0.25) is 0 Å². The Balaban J connectivity index is 1.23. The number of nitrogens with zero attached hydrogens (tertiary/aromatic N) is 5. The number of aryl methyl sites for hydroxylation is 1. The number of thiazole rings is 1. The number of rotatable bonds is 12. The van der Waals surface area contributed by atoms with Crippen molar-refractivity contribution in [1.29, 1.82) is 0 Å². The van der Waals surface area contributed by atoms with Crippen molar-refractivity contribution in [3.05, 3.63) is 40.9 Å². The quantitative estimate of drug-likeness (QED) is 0.335. The van der Waals surface area contributed by atoms with E-state index in [4.69, 9.17) is 4.74 Å². The van der Waals surface area contributed by atoms with Gasteiger partial charge in [-0.15, -0.1) is 11.3 Å². The second-order valence-corrected chi connectivity index (χ2v) is 11.3. The van der Waals surface area contributed by atoms with Gasteiger partial charge in [0, 0.05) is 47.9 Å². The average molecular weight is 526 g/mol. The van der Waals surface area contributed by atoms with Gasteiger partial charge in [0.05, 0.1) is 13.2 Å². The van der Waals surface area contributed by atoms with E-state index in [0.29, 0.717) is 29.3 Å². The van der Waals surface area contributed by atoms with Crippen molar-refractivity contribution >= 4 is 45.9 Å². The lowest BCUT2D eigenvalue weighted by Gasteiger charge is -2.26. The second kappa shape index (κ2) is 12.1. The smallest absolute Gasteiger partial charge is 0.234 e. The molecule has 3 aromatic rings. The number of hydrogen-bond acceptors (Lipinski definition) is 11. The molecule has 2 aliphatic rings. The number of ether oxygens (including phenoxy) is 1. The van der Waals surface area contributed by atoms with Crippen LogP contribution in [0.5, 0.6) is 0 Å². The fraction of sp³-hybridized carbons (Fsp3) is 0.480. The van der Waals surface area contributed by atoms with Gasteiger partial charge in [0.15, 0.2) is 10.3 Å². The molecule has 190 valence electrons. The Kier molecular flexibility index (Phi) is 8.42. The Morgan fingerprint density at radius 2 is 1.92 bits per heavy atom. The van der Waals surface area contributed by atoms with Crippen LogP contribution >= 0.6 is 23.1 Å². The standard InChI is InChI=1S/C25H31N7O2S2/c1-17-16-27-24(35-17)30-23-28-22(26-9-2-10-32-11-13-34-14-12-32)29-25(31-23)36-20-7-3-18(4-8-20)15-21(33)19-5-6-19/h3-4,7-8,16,19H,2,5-6,9-15H2,1H3,(H2,26,27,28,29,30,31). The predicted molar refractivity (Wildman–Crippen MR) is 142 cm³/mol. The molecule has 9 nitrogen and oxygen atoms in total. The third kappa shape index (κ3) is 7.45. The molecule has 0 radical (unpaired) electrons. The van der Waals surface area contributed by atoms with Crippen LogP contribution in [0.15, 0.2) is 40.5 Å². The van der Waals surface area contributed by atoms with E-state index >= 15 is 0 Å². The van der Waals surface area contributed by atoms with Gasteiger partial charge in [-0.2, -0.15) is 15.0 Å². The molecule has 0 bridgehead atoms. The van der Waals surface area contributed by atoms with Crippen molar-refractivity contribution in [3.8, 4) is 0 Å². The number of carbonyl (C=O) groups excluding carboxylic acids is 1. The Bertz CT molecular complexity index is 1160. The predicted octanol–water partition coefficient (Wildman–Crippen LogP) is 4.19. The van der Waals surface area contributed by atoms with E-state index in [2.05, 4.69) is 35.5 Å². The normalized spacial score (nSPS) is 16.1. The van der Waals surface area contributed by atoms with E-state index in [1.807, 2.05) is 37.4 Å². The summed E-state index contributed by atoms with van der Waals surface area (Å²) in [6, 6.07) is 8.09. The molecule has 11 heteroatoms. The maximum atomic E-state index is 12.1. The number of aromatic nitrogens is 4. The van der Waals surface area contributed by atoms with Crippen LogP contribution in [0.1, 0.15) is 29.7 Å². The van der Waals surface area contributed by atoms with Gasteiger partial charge in [-0.25, -0.2) is 4.98 Å². The van der Waals surface area contributed by atoms with Crippen LogP contribution in [0.25, 0.3) is 0 Å². The first-order valence-electron chi connectivity index (χ1n) is 12.4. The number of carbonyl (C=O) groups is 1. The van der Waals surface area contributed by atoms with Crippen molar-refractivity contribution < 1.29 is 9.53 Å². The van der Waals surface area contributed by atoms with Gasteiger partial charge < -0.3 is 10.1 Å². The monoisotopic (exact) mass is 525 g/mol. The van der Waals surface area contributed by atoms with Crippen LogP contribution in [-0.4, -0.2) is 70.0 Å². The van der Waals surface area contributed by atoms with Gasteiger partial charge in [-0.3, -0.25) is 15.0 Å². The van der Waals surface area contributed by atoms with Gasteiger partial charge in [-0.1, -0.05) is 12.1 Å². The highest BCUT2D eigenvalue weighted by molar-refractivity contribution is 7.99. The summed E-state index contributed by atoms with van der Waals surface area (Å²) in [5.74, 6) is 1.64. The highest BCUT2D eigenvalue weighted by Crippen LogP contribution is 2.32. The lowest BCUT2D eigenvalue weighted by atomic mass is 10.1. The number of morpholine rings is 1. The summed E-state index contributed by atoms with van der Waals surface area (Å²) in [5, 5.41) is 7.92. The van der Waals surface area contributed by atoms with Crippen LogP contribution in [0.3, 0.4) is 0 Å². The van der Waals surface area contributed by atoms with Gasteiger partial charge in [0.2, 0.25) is 11.9 Å². The summed E-state index contributed by atoms with van der Waals surface area (Å²) in [6.45, 7) is 7.39. The second-order valence-electron chi connectivity index (χ2n) is 9.06. The Morgan fingerprint density at radius 3 is 2.64 bits per heavy atom. The molecular weight excluding hydrogens is 494 g/mol. The third-order valence-electron chi connectivity index (χ3n) is 6.04. The molecule has 0 spiro atoms. The zero-order valence-corrected chi connectivity index (χ0v) is 22.0. The zero-order chi connectivity index (χ0) is 24.7. The minimum Gasteiger partial charge on any atom is -0.379 e. The summed E-state index contributed by atoms with van der Waals surface area (Å²) in [4.78, 5) is 34.9. The number of anilines is 3. The molecule has 2 aromatic heterocycles. The number of ketones is 1. The molecule has 1 aromatic carbocycles. The van der Waals surface area contributed by atoms with Gasteiger partial charge >= 0.3 is 0 Å². The van der Waals surface area contributed by atoms with Crippen molar-refractivity contribution in [3.63, 3.8) is 0 Å². The van der Waals surface area contributed by atoms with Crippen LogP contribution < -0.4 is 10.6 Å². The molecule has 1 saturated heterocycles. The fourth-order valence-electron chi connectivity index (χ4n) is 3.90. The summed E-state index contributed by atoms with van der Waals surface area (Å²) < 4.78 is 5.42. The highest BCUT2D eigenvalue weighted by Gasteiger charge is 2.29. The van der Waals surface area contributed by atoms with Gasteiger partial charge in [0.1, 0.15) is 5.78 Å². The largest absolute Gasteiger partial charge is 0.379 e. The third-order valence-corrected chi connectivity index (χ3v) is 7.74. The molecule has 0 unspecified atom stereocenters. The number of hydrogen-bond donors (Lipinski definition) is 2. The van der Waals surface area contributed by atoms with Crippen molar-refractivity contribution in [1.82, 2.24) is 24.8 Å². The minimum atomic E-state index is 0.289. The first-order chi connectivity index (χ1) is 17.6. The van der Waals surface area contributed by atoms with Crippen molar-refractivity contribution in [2.45, 2.75) is 42.7 Å². The summed E-state index contributed by atoms with van der Waals surface area (Å²) in [7, 11) is 0. The lowest BCUT2D eigenvalue weighted by molar-refractivity contribution is -0.119. The van der Waals surface area contributed by atoms with Crippen LogP contribution in [-0.2, 0) is 16.0 Å². The minimum absolute atomic E-state index is 0.289. The molecule has 3 heterocycles. The molecule has 36 heavy (non-hydrogen) atoms. The summed E-state index contributed by atoms with van der Waals surface area (Å²) in [6.07, 6.45) is 5.42. The number of benzene rings is 1. The Hall–Kier alpha value is -2.60. The van der Waals surface area contributed by atoms with E-state index in [9.17, 15) is 4.79 Å². The number of nitrogens with one attached hydrogen (secondary N) is 2. The molecule has 0 atom stereocenters. The molecule has 1 aliphatic carbocycles. The molecular formula is C25H31N7O2S2. The molecule has 1 saturated carbocycles. The molecule has 1 aliphatic heterocycles. The van der Waals surface area contributed by atoms with Crippen molar-refractivity contribution in [2.75, 3.05) is 50.0 Å².